The van der Waals surface area contributed by atoms with Gasteiger partial charge in [-0.3, -0.25) is 0 Å². The Morgan fingerprint density at radius 1 is 1.40 bits per heavy atom. The zero-order valence-corrected chi connectivity index (χ0v) is 12.6. The number of carboxylic acids is 1. The Kier molecular flexibility index (Phi) is 4.02. The smallest absolute Gasteiger partial charge is 0.371 e. The molecule has 0 saturated heterocycles. The molecule has 0 aromatic carbocycles. The molecule has 2 rings (SSSR count). The van der Waals surface area contributed by atoms with E-state index in [-0.39, 0.29) is 16.1 Å². The summed E-state index contributed by atoms with van der Waals surface area (Å²) in [6.07, 6.45) is 0. The second-order valence-electron chi connectivity index (χ2n) is 3.89. The minimum absolute atomic E-state index is 0.0454. The SMILES string of the molecule is Cc1ccc(CNS(=O)(=O)c2cc(C(=O)O)oc2Br)o1. The number of hydrogen-bond donors (Lipinski definition) is 2. The molecule has 9 heteroatoms. The van der Waals surface area contributed by atoms with Gasteiger partial charge >= 0.3 is 5.97 Å². The van der Waals surface area contributed by atoms with Crippen LogP contribution in [-0.4, -0.2) is 19.5 Å². The van der Waals surface area contributed by atoms with E-state index in [0.717, 1.165) is 6.07 Å². The molecule has 7 nitrogen and oxygen atoms in total. The van der Waals surface area contributed by atoms with Gasteiger partial charge in [0.25, 0.3) is 0 Å². The lowest BCUT2D eigenvalue weighted by Crippen LogP contribution is -2.22. The number of carbonyl (C=O) groups is 1. The summed E-state index contributed by atoms with van der Waals surface area (Å²) >= 11 is 2.88. The van der Waals surface area contributed by atoms with E-state index in [0.29, 0.717) is 11.5 Å². The molecule has 2 aromatic heterocycles. The van der Waals surface area contributed by atoms with Gasteiger partial charge < -0.3 is 13.9 Å². The average Bonchev–Trinajstić information content (AvgIpc) is 2.93. The Bertz CT molecular complexity index is 745. The van der Waals surface area contributed by atoms with Crippen molar-refractivity contribution in [2.75, 3.05) is 0 Å². The van der Waals surface area contributed by atoms with Crippen LogP contribution in [0.4, 0.5) is 0 Å². The second-order valence-corrected chi connectivity index (χ2v) is 6.35. The van der Waals surface area contributed by atoms with Crippen molar-refractivity contribution in [2.24, 2.45) is 0 Å². The Hall–Kier alpha value is -1.58. The molecule has 0 atom stereocenters. The standard InChI is InChI=1S/C11H10BrNO6S/c1-6-2-3-7(18-6)5-13-20(16,17)9-4-8(11(14)15)19-10(9)12/h2-4,13H,5H2,1H3,(H,14,15). The minimum atomic E-state index is -3.91. The molecular formula is C11H10BrNO6S. The predicted molar refractivity (Wildman–Crippen MR) is 70.8 cm³/mol. The van der Waals surface area contributed by atoms with E-state index in [1.165, 1.54) is 0 Å². The minimum Gasteiger partial charge on any atom is -0.475 e. The van der Waals surface area contributed by atoms with Crippen molar-refractivity contribution in [2.45, 2.75) is 18.4 Å². The summed E-state index contributed by atoms with van der Waals surface area (Å²) in [5.74, 6) is -0.707. The van der Waals surface area contributed by atoms with Crippen molar-refractivity contribution in [1.29, 1.82) is 0 Å². The molecule has 0 saturated carbocycles. The molecule has 0 fully saturated rings. The quantitative estimate of drug-likeness (QED) is 0.841. The average molecular weight is 364 g/mol. The summed E-state index contributed by atoms with van der Waals surface area (Å²) in [6.45, 7) is 1.69. The van der Waals surface area contributed by atoms with E-state index in [1.807, 2.05) is 0 Å². The maximum absolute atomic E-state index is 12.0. The first-order valence-corrected chi connectivity index (χ1v) is 7.65. The number of nitrogens with one attached hydrogen (secondary N) is 1. The van der Waals surface area contributed by atoms with Crippen LogP contribution in [0.3, 0.4) is 0 Å². The van der Waals surface area contributed by atoms with Crippen LogP contribution in [0.15, 0.2) is 36.6 Å². The van der Waals surface area contributed by atoms with Crippen LogP contribution in [0.1, 0.15) is 22.1 Å². The van der Waals surface area contributed by atoms with Crippen molar-refractivity contribution in [1.82, 2.24) is 4.72 Å². The summed E-state index contributed by atoms with van der Waals surface area (Å²) in [5, 5.41) is 8.75. The molecule has 0 radical (unpaired) electrons. The van der Waals surface area contributed by atoms with Crippen LogP contribution in [0.25, 0.3) is 0 Å². The molecule has 0 spiro atoms. The first kappa shape index (κ1) is 14.8. The molecule has 0 aliphatic carbocycles. The third-order valence-corrected chi connectivity index (χ3v) is 4.65. The third kappa shape index (κ3) is 3.11. The van der Waals surface area contributed by atoms with Gasteiger partial charge in [-0.25, -0.2) is 17.9 Å². The van der Waals surface area contributed by atoms with Gasteiger partial charge in [0.05, 0.1) is 6.54 Å². The topological polar surface area (TPSA) is 110 Å². The van der Waals surface area contributed by atoms with Crippen LogP contribution in [0.2, 0.25) is 0 Å². The predicted octanol–water partition coefficient (Wildman–Crippen LogP) is 2.12. The van der Waals surface area contributed by atoms with Crippen molar-refractivity contribution in [3.63, 3.8) is 0 Å². The van der Waals surface area contributed by atoms with Crippen LogP contribution in [0.5, 0.6) is 0 Å². The molecule has 2 heterocycles. The molecule has 0 unspecified atom stereocenters. The molecule has 2 N–H and O–H groups in total. The lowest BCUT2D eigenvalue weighted by Gasteiger charge is -2.02. The third-order valence-electron chi connectivity index (χ3n) is 2.39. The van der Waals surface area contributed by atoms with Gasteiger partial charge in [-0.2, -0.15) is 0 Å². The maximum atomic E-state index is 12.0. The first-order valence-electron chi connectivity index (χ1n) is 5.37. The van der Waals surface area contributed by atoms with Gasteiger partial charge in [0.15, 0.2) is 4.67 Å². The van der Waals surface area contributed by atoms with Crippen molar-refractivity contribution in [3.8, 4) is 0 Å². The fourth-order valence-corrected chi connectivity index (χ4v) is 3.40. The van der Waals surface area contributed by atoms with Gasteiger partial charge in [-0.05, 0) is 35.0 Å². The zero-order chi connectivity index (χ0) is 14.9. The molecule has 108 valence electrons. The number of aryl methyl sites for hydroxylation is 1. The Labute approximate surface area is 122 Å². The van der Waals surface area contributed by atoms with Gasteiger partial charge in [0, 0.05) is 6.07 Å². The Morgan fingerprint density at radius 3 is 2.60 bits per heavy atom. The molecule has 0 aliphatic rings. The highest BCUT2D eigenvalue weighted by atomic mass is 79.9. The summed E-state index contributed by atoms with van der Waals surface area (Å²) in [5.41, 5.74) is 0. The number of halogens is 1. The summed E-state index contributed by atoms with van der Waals surface area (Å²) < 4.78 is 36.2. The van der Waals surface area contributed by atoms with Crippen molar-refractivity contribution < 1.29 is 27.2 Å². The Balaban J connectivity index is 2.20. The molecular weight excluding hydrogens is 354 g/mol. The van der Waals surface area contributed by atoms with Gasteiger partial charge in [-0.15, -0.1) is 0 Å². The largest absolute Gasteiger partial charge is 0.475 e. The van der Waals surface area contributed by atoms with Gasteiger partial charge in [0.1, 0.15) is 16.4 Å². The van der Waals surface area contributed by atoms with E-state index >= 15 is 0 Å². The van der Waals surface area contributed by atoms with Gasteiger partial charge in [-0.1, -0.05) is 0 Å². The van der Waals surface area contributed by atoms with Crippen molar-refractivity contribution >= 4 is 31.9 Å². The first-order chi connectivity index (χ1) is 9.29. The highest BCUT2D eigenvalue weighted by Crippen LogP contribution is 2.26. The fraction of sp³-hybridized carbons (Fsp3) is 0.182. The monoisotopic (exact) mass is 363 g/mol. The fourth-order valence-electron chi connectivity index (χ4n) is 1.46. The lowest BCUT2D eigenvalue weighted by molar-refractivity contribution is 0.0661. The second kappa shape index (κ2) is 5.43. The number of aromatic carboxylic acids is 1. The highest BCUT2D eigenvalue weighted by Gasteiger charge is 2.24. The zero-order valence-electron chi connectivity index (χ0n) is 10.2. The molecule has 0 amide bonds. The Morgan fingerprint density at radius 2 is 2.10 bits per heavy atom. The number of carboxylic acid groups (broad SMARTS) is 1. The van der Waals surface area contributed by atoms with Crippen molar-refractivity contribution in [3.05, 3.63) is 40.1 Å². The normalized spacial score (nSPS) is 11.7. The van der Waals surface area contributed by atoms with Crippen LogP contribution >= 0.6 is 15.9 Å². The molecule has 2 aromatic rings. The number of rotatable bonds is 5. The van der Waals surface area contributed by atoms with E-state index in [9.17, 15) is 13.2 Å². The van der Waals surface area contributed by atoms with Crippen LogP contribution in [-0.2, 0) is 16.6 Å². The number of hydrogen-bond acceptors (Lipinski definition) is 5. The van der Waals surface area contributed by atoms with Crippen LogP contribution < -0.4 is 4.72 Å². The van der Waals surface area contributed by atoms with E-state index in [2.05, 4.69) is 20.7 Å². The van der Waals surface area contributed by atoms with E-state index in [4.69, 9.17) is 13.9 Å². The van der Waals surface area contributed by atoms with E-state index in [1.54, 1.807) is 19.1 Å². The summed E-state index contributed by atoms with van der Waals surface area (Å²) in [7, 11) is -3.91. The number of furan rings is 2. The molecule has 0 bridgehead atoms. The summed E-state index contributed by atoms with van der Waals surface area (Å²) in [6, 6.07) is 4.28. The lowest BCUT2D eigenvalue weighted by atomic mass is 10.4. The number of sulfonamides is 1. The van der Waals surface area contributed by atoms with Gasteiger partial charge in [0.2, 0.25) is 15.8 Å². The maximum Gasteiger partial charge on any atom is 0.371 e. The molecule has 0 aliphatic heterocycles. The highest BCUT2D eigenvalue weighted by molar-refractivity contribution is 9.10. The van der Waals surface area contributed by atoms with Crippen LogP contribution in [0, 0.1) is 6.92 Å². The van der Waals surface area contributed by atoms with E-state index < -0.39 is 21.8 Å². The summed E-state index contributed by atoms with van der Waals surface area (Å²) in [4.78, 5) is 10.5. The molecule has 20 heavy (non-hydrogen) atoms.